The number of carbonyl (C=O) groups excluding carboxylic acids is 3. The van der Waals surface area contributed by atoms with Crippen LogP contribution in [0.5, 0.6) is 5.75 Å². The van der Waals surface area contributed by atoms with Crippen molar-refractivity contribution in [2.24, 2.45) is 0 Å². The zero-order valence-corrected chi connectivity index (χ0v) is 19.6. The maximum atomic E-state index is 13.3. The van der Waals surface area contributed by atoms with Gasteiger partial charge in [0.1, 0.15) is 18.5 Å². The minimum absolute atomic E-state index is 0.114. The highest BCUT2D eigenvalue weighted by molar-refractivity contribution is 6.05. The summed E-state index contributed by atoms with van der Waals surface area (Å²) in [7, 11) is 2.96. The topological polar surface area (TPSA) is 94.2 Å². The predicted molar refractivity (Wildman–Crippen MR) is 122 cm³/mol. The number of esters is 1. The number of alkyl halides is 3. The first-order chi connectivity index (χ1) is 17.1. The third-order valence-corrected chi connectivity index (χ3v) is 6.34. The maximum absolute atomic E-state index is 13.3. The van der Waals surface area contributed by atoms with Crippen molar-refractivity contribution in [3.05, 3.63) is 59.2 Å². The summed E-state index contributed by atoms with van der Waals surface area (Å²) in [5.41, 5.74) is -0.664. The van der Waals surface area contributed by atoms with Gasteiger partial charge in [-0.2, -0.15) is 13.2 Å². The minimum Gasteiger partial charge on any atom is -0.490 e. The summed E-state index contributed by atoms with van der Waals surface area (Å²) >= 11 is 0. The average molecular weight is 506 g/mol. The Morgan fingerprint density at radius 3 is 2.67 bits per heavy atom. The van der Waals surface area contributed by atoms with Gasteiger partial charge in [-0.05, 0) is 49.2 Å². The molecule has 2 aromatic rings. The van der Waals surface area contributed by atoms with Crippen LogP contribution in [-0.2, 0) is 20.4 Å². The van der Waals surface area contributed by atoms with E-state index in [9.17, 15) is 27.6 Å². The smallest absolute Gasteiger partial charge is 0.416 e. The molecular formula is C25H25F3N2O6. The Bertz CT molecular complexity index is 1170. The molecule has 36 heavy (non-hydrogen) atoms. The number of fused-ring (bicyclic) bond motifs is 2. The van der Waals surface area contributed by atoms with Crippen LogP contribution >= 0.6 is 0 Å². The third kappa shape index (κ3) is 5.46. The molecule has 1 saturated heterocycles. The predicted octanol–water partition coefficient (Wildman–Crippen LogP) is 3.90. The van der Waals surface area contributed by atoms with Crippen molar-refractivity contribution in [3.63, 3.8) is 0 Å². The second kappa shape index (κ2) is 10.2. The number of ether oxygens (including phenoxy) is 3. The minimum atomic E-state index is -4.58. The fourth-order valence-corrected chi connectivity index (χ4v) is 4.41. The molecule has 0 aromatic heterocycles. The molecule has 8 nitrogen and oxygen atoms in total. The molecule has 3 atom stereocenters. The molecule has 1 fully saturated rings. The maximum Gasteiger partial charge on any atom is 0.416 e. The normalized spacial score (nSPS) is 21.9. The van der Waals surface area contributed by atoms with E-state index < -0.39 is 23.8 Å². The van der Waals surface area contributed by atoms with Crippen molar-refractivity contribution < 1.29 is 41.8 Å². The number of nitrogens with zero attached hydrogens (tertiary/aromatic N) is 1. The second-order valence-corrected chi connectivity index (χ2v) is 8.69. The lowest BCUT2D eigenvalue weighted by Crippen LogP contribution is -2.53. The SMILES string of the molecule is COC(=O)C[C@@H]1CC[C@H]2[C@H](COc3ccc(NC(=O)c4cccc(C(F)(F)F)c4)cc3C(=O)N2C)O1. The molecule has 2 aliphatic heterocycles. The van der Waals surface area contributed by atoms with Gasteiger partial charge in [-0.3, -0.25) is 14.4 Å². The molecule has 0 radical (unpaired) electrons. The lowest BCUT2D eigenvalue weighted by molar-refractivity contribution is -0.151. The first-order valence-corrected chi connectivity index (χ1v) is 11.3. The summed E-state index contributed by atoms with van der Waals surface area (Å²) in [4.78, 5) is 39.1. The Labute approximate surface area is 205 Å². The number of nitrogens with one attached hydrogen (secondary N) is 1. The molecule has 11 heteroatoms. The van der Waals surface area contributed by atoms with Crippen molar-refractivity contribution in [1.29, 1.82) is 0 Å². The number of methoxy groups -OCH3 is 1. The highest BCUT2D eigenvalue weighted by Crippen LogP contribution is 2.33. The summed E-state index contributed by atoms with van der Waals surface area (Å²) in [5, 5.41) is 2.54. The van der Waals surface area contributed by atoms with E-state index in [-0.39, 0.29) is 59.6 Å². The van der Waals surface area contributed by atoms with E-state index in [1.165, 1.54) is 31.4 Å². The van der Waals surface area contributed by atoms with E-state index in [1.54, 1.807) is 11.9 Å². The molecule has 2 aliphatic rings. The van der Waals surface area contributed by atoms with Gasteiger partial charge in [0.25, 0.3) is 11.8 Å². The standard InChI is InChI=1S/C25H25F3N2O6/c1-30-19-8-7-17(12-22(31)34-2)36-21(19)13-35-20-9-6-16(11-18(20)24(30)33)29-23(32)14-4-3-5-15(10-14)25(26,27)28/h3-6,9-11,17,19,21H,7-8,12-13H2,1-2H3,(H,29,32)/t17-,19-,21-/m0/s1. The largest absolute Gasteiger partial charge is 0.490 e. The second-order valence-electron chi connectivity index (χ2n) is 8.69. The molecule has 2 aromatic carbocycles. The lowest BCUT2D eigenvalue weighted by atomic mass is 9.94. The molecular weight excluding hydrogens is 481 g/mol. The zero-order chi connectivity index (χ0) is 26.0. The number of rotatable bonds is 4. The quantitative estimate of drug-likeness (QED) is 0.633. The monoisotopic (exact) mass is 506 g/mol. The van der Waals surface area contributed by atoms with Crippen LogP contribution in [0.3, 0.4) is 0 Å². The third-order valence-electron chi connectivity index (χ3n) is 6.34. The van der Waals surface area contributed by atoms with Crippen molar-refractivity contribution >= 4 is 23.5 Å². The molecule has 0 spiro atoms. The van der Waals surface area contributed by atoms with Crippen LogP contribution in [-0.4, -0.2) is 61.7 Å². The van der Waals surface area contributed by atoms with Crippen LogP contribution < -0.4 is 10.1 Å². The van der Waals surface area contributed by atoms with E-state index >= 15 is 0 Å². The molecule has 4 rings (SSSR count). The molecule has 0 unspecified atom stereocenters. The van der Waals surface area contributed by atoms with Gasteiger partial charge in [0.05, 0.1) is 36.8 Å². The molecule has 0 bridgehead atoms. The van der Waals surface area contributed by atoms with Gasteiger partial charge in [0.2, 0.25) is 0 Å². The number of hydrogen-bond donors (Lipinski definition) is 1. The van der Waals surface area contributed by atoms with Crippen LogP contribution in [0.4, 0.5) is 18.9 Å². The van der Waals surface area contributed by atoms with Crippen LogP contribution in [0.25, 0.3) is 0 Å². The van der Waals surface area contributed by atoms with Crippen LogP contribution in [0, 0.1) is 0 Å². The van der Waals surface area contributed by atoms with E-state index in [1.807, 2.05) is 0 Å². The van der Waals surface area contributed by atoms with E-state index in [0.717, 1.165) is 18.2 Å². The Kier molecular flexibility index (Phi) is 7.21. The van der Waals surface area contributed by atoms with Crippen LogP contribution in [0.1, 0.15) is 45.5 Å². The summed E-state index contributed by atoms with van der Waals surface area (Å²) < 4.78 is 55.6. The number of likely N-dealkylation sites (N-methyl/N-ethyl adjacent to an activating group) is 1. The van der Waals surface area contributed by atoms with Crippen molar-refractivity contribution in [3.8, 4) is 5.75 Å². The Morgan fingerprint density at radius 1 is 1.17 bits per heavy atom. The van der Waals surface area contributed by atoms with Crippen molar-refractivity contribution in [2.75, 3.05) is 26.1 Å². The molecule has 0 saturated carbocycles. The fourth-order valence-electron chi connectivity index (χ4n) is 4.41. The average Bonchev–Trinajstić information content (AvgIpc) is 2.86. The molecule has 192 valence electrons. The summed E-state index contributed by atoms with van der Waals surface area (Å²) in [6.45, 7) is 0.142. The van der Waals surface area contributed by atoms with Gasteiger partial charge >= 0.3 is 12.1 Å². The number of benzene rings is 2. The van der Waals surface area contributed by atoms with E-state index in [2.05, 4.69) is 5.32 Å². The lowest BCUT2D eigenvalue weighted by Gasteiger charge is -2.42. The fraction of sp³-hybridized carbons (Fsp3) is 0.400. The highest BCUT2D eigenvalue weighted by Gasteiger charge is 2.39. The van der Waals surface area contributed by atoms with Crippen molar-refractivity contribution in [1.82, 2.24) is 4.90 Å². The molecule has 2 amide bonds. The van der Waals surface area contributed by atoms with Crippen LogP contribution in [0.15, 0.2) is 42.5 Å². The first kappa shape index (κ1) is 25.5. The molecule has 0 aliphatic carbocycles. The summed E-state index contributed by atoms with van der Waals surface area (Å²) in [5.74, 6) is -1.20. The van der Waals surface area contributed by atoms with Gasteiger partial charge in [-0.25, -0.2) is 0 Å². The van der Waals surface area contributed by atoms with Gasteiger partial charge in [-0.1, -0.05) is 6.07 Å². The number of carbonyl (C=O) groups is 3. The summed E-state index contributed by atoms with van der Waals surface area (Å²) in [6, 6.07) is 8.23. The number of hydrogen-bond acceptors (Lipinski definition) is 6. The summed E-state index contributed by atoms with van der Waals surface area (Å²) in [6.07, 6.45) is -4.09. The Morgan fingerprint density at radius 2 is 1.94 bits per heavy atom. The van der Waals surface area contributed by atoms with Gasteiger partial charge in [0, 0.05) is 18.3 Å². The zero-order valence-electron chi connectivity index (χ0n) is 19.6. The van der Waals surface area contributed by atoms with Crippen molar-refractivity contribution in [2.45, 2.75) is 43.7 Å². The number of halogens is 3. The highest BCUT2D eigenvalue weighted by atomic mass is 19.4. The Hall–Kier alpha value is -3.60. The molecule has 1 N–H and O–H groups in total. The number of anilines is 1. The van der Waals surface area contributed by atoms with Gasteiger partial charge in [-0.15, -0.1) is 0 Å². The first-order valence-electron chi connectivity index (χ1n) is 11.3. The van der Waals surface area contributed by atoms with Crippen LogP contribution in [0.2, 0.25) is 0 Å². The molecule has 2 heterocycles. The Balaban J connectivity index is 1.51. The van der Waals surface area contributed by atoms with Gasteiger partial charge in [0.15, 0.2) is 0 Å². The number of amides is 2. The van der Waals surface area contributed by atoms with E-state index in [4.69, 9.17) is 14.2 Å². The van der Waals surface area contributed by atoms with E-state index in [0.29, 0.717) is 12.8 Å². The van der Waals surface area contributed by atoms with Gasteiger partial charge < -0.3 is 24.4 Å².